The summed E-state index contributed by atoms with van der Waals surface area (Å²) in [4.78, 5) is 25.6. The van der Waals surface area contributed by atoms with Gasteiger partial charge in [0.25, 0.3) is 5.91 Å². The van der Waals surface area contributed by atoms with E-state index in [0.717, 1.165) is 12.8 Å². The van der Waals surface area contributed by atoms with Gasteiger partial charge in [-0.3, -0.25) is 9.59 Å². The summed E-state index contributed by atoms with van der Waals surface area (Å²) in [7, 11) is 1.35. The molecule has 1 aromatic rings. The number of hydrogen-bond acceptors (Lipinski definition) is 4. The van der Waals surface area contributed by atoms with E-state index < -0.39 is 0 Å². The second-order valence-electron chi connectivity index (χ2n) is 5.36. The van der Waals surface area contributed by atoms with Crippen LogP contribution in [0.15, 0.2) is 24.3 Å². The predicted molar refractivity (Wildman–Crippen MR) is 89.6 cm³/mol. The number of benzene rings is 1. The number of carbonyl (C=O) groups excluding carboxylic acids is 2. The van der Waals surface area contributed by atoms with Crippen LogP contribution in [0.4, 0.5) is 0 Å². The molecule has 0 heterocycles. The Labute approximate surface area is 142 Å². The minimum atomic E-state index is -0.365. The van der Waals surface area contributed by atoms with Crippen LogP contribution in [0.5, 0.6) is 5.75 Å². The summed E-state index contributed by atoms with van der Waals surface area (Å²) in [6.45, 7) is 4.66. The number of nitrogens with zero attached hydrogens (tertiary/aromatic N) is 1. The fourth-order valence-electron chi connectivity index (χ4n) is 2.04. The van der Waals surface area contributed by atoms with E-state index in [1.807, 2.05) is 0 Å². The van der Waals surface area contributed by atoms with Crippen molar-refractivity contribution >= 4 is 23.5 Å². The standard InChI is InChI=1S/C17H24ClNO4/c1-4-5-10-19(11-13(2)17(21)22-3)16(20)12-23-15-8-6-14(18)7-9-15/h6-9,13H,4-5,10-12H2,1-3H3. The van der Waals surface area contributed by atoms with Gasteiger partial charge in [-0.15, -0.1) is 0 Å². The lowest BCUT2D eigenvalue weighted by molar-refractivity contribution is -0.146. The van der Waals surface area contributed by atoms with Crippen LogP contribution in [-0.4, -0.2) is 43.6 Å². The molecule has 0 aliphatic heterocycles. The van der Waals surface area contributed by atoms with Crippen LogP contribution < -0.4 is 4.74 Å². The topological polar surface area (TPSA) is 55.8 Å². The zero-order valence-electron chi connectivity index (χ0n) is 13.9. The summed E-state index contributed by atoms with van der Waals surface area (Å²) in [5.41, 5.74) is 0. The van der Waals surface area contributed by atoms with Gasteiger partial charge in [-0.25, -0.2) is 0 Å². The average molecular weight is 342 g/mol. The maximum absolute atomic E-state index is 12.4. The molecule has 1 atom stereocenters. The van der Waals surface area contributed by atoms with E-state index in [0.29, 0.717) is 23.9 Å². The number of rotatable bonds is 9. The van der Waals surface area contributed by atoms with Crippen LogP contribution in [0, 0.1) is 5.92 Å². The third kappa shape index (κ3) is 6.91. The van der Waals surface area contributed by atoms with Crippen LogP contribution >= 0.6 is 11.6 Å². The monoisotopic (exact) mass is 341 g/mol. The molecule has 0 aromatic heterocycles. The Hall–Kier alpha value is -1.75. The van der Waals surface area contributed by atoms with Gasteiger partial charge in [0.15, 0.2) is 6.61 Å². The molecule has 128 valence electrons. The molecular weight excluding hydrogens is 318 g/mol. The lowest BCUT2D eigenvalue weighted by Crippen LogP contribution is -2.40. The van der Waals surface area contributed by atoms with Crippen molar-refractivity contribution in [3.05, 3.63) is 29.3 Å². The number of esters is 1. The number of amides is 1. The highest BCUT2D eigenvalue weighted by molar-refractivity contribution is 6.30. The minimum absolute atomic E-state index is 0.0702. The molecule has 23 heavy (non-hydrogen) atoms. The molecule has 0 radical (unpaired) electrons. The number of ether oxygens (including phenoxy) is 2. The summed E-state index contributed by atoms with van der Waals surface area (Å²) in [6.07, 6.45) is 1.84. The summed E-state index contributed by atoms with van der Waals surface area (Å²) in [6, 6.07) is 6.83. The second-order valence-corrected chi connectivity index (χ2v) is 5.80. The lowest BCUT2D eigenvalue weighted by Gasteiger charge is -2.25. The molecule has 0 N–H and O–H groups in total. The van der Waals surface area contributed by atoms with Gasteiger partial charge in [0.1, 0.15) is 5.75 Å². The average Bonchev–Trinajstić information content (AvgIpc) is 2.56. The molecule has 0 aliphatic carbocycles. The number of unbranched alkanes of at least 4 members (excludes halogenated alkanes) is 1. The first kappa shape index (κ1) is 19.3. The molecule has 1 unspecified atom stereocenters. The van der Waals surface area contributed by atoms with E-state index >= 15 is 0 Å². The summed E-state index contributed by atoms with van der Waals surface area (Å²) < 4.78 is 10.2. The van der Waals surface area contributed by atoms with Crippen LogP contribution in [0.2, 0.25) is 5.02 Å². The zero-order valence-corrected chi connectivity index (χ0v) is 14.6. The Balaban J connectivity index is 2.59. The number of hydrogen-bond donors (Lipinski definition) is 0. The van der Waals surface area contributed by atoms with Gasteiger partial charge in [0, 0.05) is 18.1 Å². The Kier molecular flexibility index (Phi) is 8.48. The Morgan fingerprint density at radius 3 is 2.48 bits per heavy atom. The largest absolute Gasteiger partial charge is 0.484 e. The molecule has 0 aliphatic rings. The zero-order chi connectivity index (χ0) is 17.2. The smallest absolute Gasteiger partial charge is 0.310 e. The number of carbonyl (C=O) groups is 2. The van der Waals surface area contributed by atoms with Gasteiger partial charge in [-0.05, 0) is 30.7 Å². The first-order chi connectivity index (χ1) is 11.0. The molecule has 6 heteroatoms. The lowest BCUT2D eigenvalue weighted by atomic mass is 10.1. The van der Waals surface area contributed by atoms with Crippen LogP contribution in [-0.2, 0) is 14.3 Å². The van der Waals surface area contributed by atoms with Crippen molar-refractivity contribution in [3.63, 3.8) is 0 Å². The SMILES string of the molecule is CCCCN(CC(C)C(=O)OC)C(=O)COc1ccc(Cl)cc1. The third-order valence-electron chi connectivity index (χ3n) is 3.41. The molecular formula is C17H24ClNO4. The molecule has 0 saturated carbocycles. The first-order valence-corrected chi connectivity index (χ1v) is 8.09. The molecule has 0 fully saturated rings. The molecule has 0 saturated heterocycles. The molecule has 0 spiro atoms. The van der Waals surface area contributed by atoms with E-state index in [2.05, 4.69) is 6.92 Å². The number of methoxy groups -OCH3 is 1. The van der Waals surface area contributed by atoms with Crippen LogP contribution in [0.25, 0.3) is 0 Å². The third-order valence-corrected chi connectivity index (χ3v) is 3.66. The summed E-state index contributed by atoms with van der Waals surface area (Å²) in [5.74, 6) is -0.252. The van der Waals surface area contributed by atoms with E-state index in [-0.39, 0.29) is 24.4 Å². The Morgan fingerprint density at radius 2 is 1.91 bits per heavy atom. The normalized spacial score (nSPS) is 11.7. The highest BCUT2D eigenvalue weighted by Crippen LogP contribution is 2.15. The highest BCUT2D eigenvalue weighted by Gasteiger charge is 2.21. The van der Waals surface area contributed by atoms with Crippen molar-refractivity contribution in [2.75, 3.05) is 26.8 Å². The van der Waals surface area contributed by atoms with Gasteiger partial charge < -0.3 is 14.4 Å². The van der Waals surface area contributed by atoms with Crippen molar-refractivity contribution in [2.45, 2.75) is 26.7 Å². The van der Waals surface area contributed by atoms with E-state index in [1.54, 1.807) is 36.1 Å². The second kappa shape index (κ2) is 10.1. The number of halogens is 1. The van der Waals surface area contributed by atoms with Crippen molar-refractivity contribution in [1.82, 2.24) is 4.90 Å². The molecule has 1 aromatic carbocycles. The van der Waals surface area contributed by atoms with Crippen molar-refractivity contribution < 1.29 is 19.1 Å². The van der Waals surface area contributed by atoms with Crippen molar-refractivity contribution in [3.8, 4) is 5.75 Å². The van der Waals surface area contributed by atoms with Crippen molar-refractivity contribution in [2.24, 2.45) is 5.92 Å². The first-order valence-electron chi connectivity index (χ1n) is 7.71. The minimum Gasteiger partial charge on any atom is -0.484 e. The van der Waals surface area contributed by atoms with Crippen molar-refractivity contribution in [1.29, 1.82) is 0 Å². The van der Waals surface area contributed by atoms with Gasteiger partial charge in [0.2, 0.25) is 0 Å². The quantitative estimate of drug-likeness (QED) is 0.647. The maximum Gasteiger partial charge on any atom is 0.310 e. The Morgan fingerprint density at radius 1 is 1.26 bits per heavy atom. The van der Waals surface area contributed by atoms with Crippen LogP contribution in [0.3, 0.4) is 0 Å². The molecule has 1 amide bonds. The van der Waals surface area contributed by atoms with E-state index in [4.69, 9.17) is 21.1 Å². The maximum atomic E-state index is 12.4. The van der Waals surface area contributed by atoms with Crippen LogP contribution in [0.1, 0.15) is 26.7 Å². The summed E-state index contributed by atoms with van der Waals surface area (Å²) >= 11 is 5.81. The predicted octanol–water partition coefficient (Wildman–Crippen LogP) is 3.16. The fourth-order valence-corrected chi connectivity index (χ4v) is 2.17. The van der Waals surface area contributed by atoms with Gasteiger partial charge >= 0.3 is 5.97 Å². The van der Waals surface area contributed by atoms with E-state index in [1.165, 1.54) is 7.11 Å². The molecule has 0 bridgehead atoms. The molecule has 1 rings (SSSR count). The van der Waals surface area contributed by atoms with E-state index in [9.17, 15) is 9.59 Å². The molecule has 5 nitrogen and oxygen atoms in total. The van der Waals surface area contributed by atoms with Gasteiger partial charge in [-0.1, -0.05) is 31.9 Å². The fraction of sp³-hybridized carbons (Fsp3) is 0.529. The van der Waals surface area contributed by atoms with Gasteiger partial charge in [0.05, 0.1) is 13.0 Å². The Bertz CT molecular complexity index is 504. The summed E-state index contributed by atoms with van der Waals surface area (Å²) in [5, 5.41) is 0.611. The van der Waals surface area contributed by atoms with Gasteiger partial charge in [-0.2, -0.15) is 0 Å². The highest BCUT2D eigenvalue weighted by atomic mass is 35.5.